The molecule has 4 aromatic rings. The molecule has 0 spiro atoms. The van der Waals surface area contributed by atoms with Gasteiger partial charge < -0.3 is 28.4 Å². The molecule has 42 heavy (non-hydrogen) atoms. The molecular weight excluding hydrogens is 538 g/mol. The van der Waals surface area contributed by atoms with Crippen molar-refractivity contribution in [1.29, 1.82) is 0 Å². The van der Waals surface area contributed by atoms with Crippen molar-refractivity contribution >= 4 is 17.8 Å². The molecule has 2 aliphatic rings. The standard InChI is InChI=1S/C33H27NO8/c1-37-26-16-28(39-3)27(38-2)13-21(26)14-29-32(36)23-9-10-25-31(33(23)42-29)24(15-30(35)41-25)20-7-4-8-22(12-20)40-18-19-6-5-11-34-17-19/h4-14,16-17,24H,15,18H2,1-3H3. The molecule has 0 saturated heterocycles. The highest BCUT2D eigenvalue weighted by molar-refractivity contribution is 6.15. The predicted molar refractivity (Wildman–Crippen MR) is 153 cm³/mol. The number of ether oxygens (including phenoxy) is 6. The molecule has 0 aliphatic carbocycles. The summed E-state index contributed by atoms with van der Waals surface area (Å²) in [6.07, 6.45) is 5.14. The third-order valence-electron chi connectivity index (χ3n) is 7.19. The van der Waals surface area contributed by atoms with E-state index in [9.17, 15) is 9.59 Å². The first-order valence-corrected chi connectivity index (χ1v) is 13.2. The van der Waals surface area contributed by atoms with Crippen LogP contribution in [0.2, 0.25) is 0 Å². The summed E-state index contributed by atoms with van der Waals surface area (Å²) in [6.45, 7) is 0.349. The molecule has 0 fully saturated rings. The molecule has 1 atom stereocenters. The number of ketones is 1. The van der Waals surface area contributed by atoms with Crippen LogP contribution in [0.25, 0.3) is 6.08 Å². The van der Waals surface area contributed by atoms with Crippen LogP contribution in [0.1, 0.15) is 45.0 Å². The van der Waals surface area contributed by atoms with Gasteiger partial charge in [-0.05, 0) is 48.0 Å². The first-order valence-electron chi connectivity index (χ1n) is 13.2. The molecule has 6 rings (SSSR count). The van der Waals surface area contributed by atoms with Gasteiger partial charge in [0.05, 0.1) is 33.3 Å². The maximum atomic E-state index is 13.5. The van der Waals surface area contributed by atoms with Crippen molar-refractivity contribution in [1.82, 2.24) is 4.98 Å². The van der Waals surface area contributed by atoms with Crippen LogP contribution < -0.4 is 28.4 Å². The summed E-state index contributed by atoms with van der Waals surface area (Å²) in [4.78, 5) is 30.3. The highest BCUT2D eigenvalue weighted by Crippen LogP contribution is 2.49. The Labute approximate surface area is 242 Å². The number of rotatable bonds is 8. The molecule has 9 heteroatoms. The number of benzene rings is 3. The molecule has 9 nitrogen and oxygen atoms in total. The fourth-order valence-electron chi connectivity index (χ4n) is 5.17. The summed E-state index contributed by atoms with van der Waals surface area (Å²) >= 11 is 0. The summed E-state index contributed by atoms with van der Waals surface area (Å²) in [5, 5.41) is 0. The summed E-state index contributed by atoms with van der Waals surface area (Å²) in [5.41, 5.74) is 3.35. The van der Waals surface area contributed by atoms with Gasteiger partial charge in [-0.25, -0.2) is 0 Å². The average molecular weight is 566 g/mol. The molecule has 0 amide bonds. The first kappa shape index (κ1) is 26.9. The third-order valence-corrected chi connectivity index (χ3v) is 7.19. The SMILES string of the molecule is COc1cc(OC)c(OC)cc1C=C1Oc2c(ccc3c2C(c2cccc(OCc4cccnc4)c2)CC(=O)O3)C1=O. The Kier molecular flexibility index (Phi) is 7.23. The Morgan fingerprint density at radius 1 is 0.905 bits per heavy atom. The Bertz CT molecular complexity index is 1710. The van der Waals surface area contributed by atoms with Crippen molar-refractivity contribution in [2.45, 2.75) is 18.9 Å². The van der Waals surface area contributed by atoms with Gasteiger partial charge in [0.15, 0.2) is 17.3 Å². The largest absolute Gasteiger partial charge is 0.496 e. The van der Waals surface area contributed by atoms with Crippen molar-refractivity contribution in [3.05, 3.63) is 107 Å². The fraction of sp³-hybridized carbons (Fsp3) is 0.182. The lowest BCUT2D eigenvalue weighted by atomic mass is 9.84. The molecule has 212 valence electrons. The van der Waals surface area contributed by atoms with Gasteiger partial charge in [0.1, 0.15) is 29.6 Å². The smallest absolute Gasteiger partial charge is 0.312 e. The number of Topliss-reactive ketones (excluding diaryl/α,β-unsaturated/α-hetero) is 1. The number of aromatic nitrogens is 1. The summed E-state index contributed by atoms with van der Waals surface area (Å²) < 4.78 is 34.2. The number of carbonyl (C=O) groups excluding carboxylic acids is 2. The van der Waals surface area contributed by atoms with Gasteiger partial charge in [0.2, 0.25) is 5.78 Å². The number of methoxy groups -OCH3 is 3. The summed E-state index contributed by atoms with van der Waals surface area (Å²) in [5.74, 6) is 1.82. The van der Waals surface area contributed by atoms with Crippen molar-refractivity contribution < 1.29 is 38.0 Å². The molecule has 1 aromatic heterocycles. The second kappa shape index (κ2) is 11.3. The van der Waals surface area contributed by atoms with Crippen LogP contribution in [0, 0.1) is 0 Å². The zero-order valence-electron chi connectivity index (χ0n) is 23.2. The van der Waals surface area contributed by atoms with Crippen molar-refractivity contribution in [2.24, 2.45) is 0 Å². The third kappa shape index (κ3) is 5.01. The van der Waals surface area contributed by atoms with Crippen LogP contribution in [-0.4, -0.2) is 38.1 Å². The second-order valence-electron chi connectivity index (χ2n) is 9.70. The normalized spacial score (nSPS) is 16.3. The van der Waals surface area contributed by atoms with E-state index in [2.05, 4.69) is 4.98 Å². The average Bonchev–Trinajstić information content (AvgIpc) is 3.34. The van der Waals surface area contributed by atoms with E-state index < -0.39 is 5.92 Å². The van der Waals surface area contributed by atoms with Crippen LogP contribution >= 0.6 is 0 Å². The number of hydrogen-bond acceptors (Lipinski definition) is 9. The molecule has 2 aliphatic heterocycles. The number of nitrogens with zero attached hydrogens (tertiary/aromatic N) is 1. The molecule has 3 heterocycles. The van der Waals surface area contributed by atoms with E-state index in [0.717, 1.165) is 11.1 Å². The van der Waals surface area contributed by atoms with E-state index in [1.165, 1.54) is 21.3 Å². The van der Waals surface area contributed by atoms with Gasteiger partial charge in [0.25, 0.3) is 0 Å². The highest BCUT2D eigenvalue weighted by atomic mass is 16.5. The predicted octanol–water partition coefficient (Wildman–Crippen LogP) is 5.74. The van der Waals surface area contributed by atoms with Gasteiger partial charge in [-0.3, -0.25) is 14.6 Å². The number of fused-ring (bicyclic) bond motifs is 3. The monoisotopic (exact) mass is 565 g/mol. The van der Waals surface area contributed by atoms with Crippen LogP contribution in [-0.2, 0) is 11.4 Å². The van der Waals surface area contributed by atoms with Crippen LogP contribution in [0.3, 0.4) is 0 Å². The highest BCUT2D eigenvalue weighted by Gasteiger charge is 2.38. The van der Waals surface area contributed by atoms with E-state index >= 15 is 0 Å². The van der Waals surface area contributed by atoms with Gasteiger partial charge >= 0.3 is 5.97 Å². The molecule has 3 aromatic carbocycles. The van der Waals surface area contributed by atoms with Crippen molar-refractivity contribution in [3.63, 3.8) is 0 Å². The minimum atomic E-state index is -0.416. The summed E-state index contributed by atoms with van der Waals surface area (Å²) in [7, 11) is 4.59. The number of esters is 1. The first-order chi connectivity index (χ1) is 20.5. The van der Waals surface area contributed by atoms with Gasteiger partial charge in [-0.1, -0.05) is 18.2 Å². The van der Waals surface area contributed by atoms with E-state index in [1.807, 2.05) is 36.4 Å². The Hall–Kier alpha value is -5.31. The minimum Gasteiger partial charge on any atom is -0.496 e. The van der Waals surface area contributed by atoms with Crippen molar-refractivity contribution in [3.8, 4) is 34.5 Å². The van der Waals surface area contributed by atoms with Gasteiger partial charge in [-0.2, -0.15) is 0 Å². The number of hydrogen-bond donors (Lipinski definition) is 0. The quantitative estimate of drug-likeness (QED) is 0.150. The lowest BCUT2D eigenvalue weighted by Gasteiger charge is -2.26. The Morgan fingerprint density at radius 3 is 2.48 bits per heavy atom. The maximum Gasteiger partial charge on any atom is 0.312 e. The van der Waals surface area contributed by atoms with Crippen LogP contribution in [0.15, 0.2) is 78.8 Å². The van der Waals surface area contributed by atoms with Crippen molar-refractivity contribution in [2.75, 3.05) is 21.3 Å². The molecular formula is C33H27NO8. The molecule has 0 saturated carbocycles. The number of allylic oxidation sites excluding steroid dienone is 1. The summed E-state index contributed by atoms with van der Waals surface area (Å²) in [6, 6.07) is 18.0. The Balaban J connectivity index is 1.36. The van der Waals surface area contributed by atoms with Gasteiger partial charge in [-0.15, -0.1) is 0 Å². The molecule has 0 bridgehead atoms. The minimum absolute atomic E-state index is 0.0790. The number of carbonyl (C=O) groups is 2. The van der Waals surface area contributed by atoms with Gasteiger partial charge in [0, 0.05) is 41.1 Å². The number of pyridine rings is 1. The Morgan fingerprint density at radius 2 is 1.71 bits per heavy atom. The fourth-order valence-corrected chi connectivity index (χ4v) is 5.17. The van der Waals surface area contributed by atoms with E-state index in [0.29, 0.717) is 57.8 Å². The molecule has 1 unspecified atom stereocenters. The van der Waals surface area contributed by atoms with E-state index in [-0.39, 0.29) is 23.9 Å². The second-order valence-corrected chi connectivity index (χ2v) is 9.70. The molecule has 0 radical (unpaired) electrons. The maximum absolute atomic E-state index is 13.5. The zero-order chi connectivity index (χ0) is 29.2. The lowest BCUT2D eigenvalue weighted by molar-refractivity contribution is -0.135. The van der Waals surface area contributed by atoms with E-state index in [1.54, 1.807) is 42.7 Å². The molecule has 0 N–H and O–H groups in total. The lowest BCUT2D eigenvalue weighted by Crippen LogP contribution is -2.21. The van der Waals surface area contributed by atoms with Crippen LogP contribution in [0.4, 0.5) is 0 Å². The topological polar surface area (TPSA) is 102 Å². The zero-order valence-corrected chi connectivity index (χ0v) is 23.2. The van der Waals surface area contributed by atoms with E-state index in [4.69, 9.17) is 28.4 Å². The van der Waals surface area contributed by atoms with Crippen LogP contribution in [0.5, 0.6) is 34.5 Å².